The fourth-order valence-corrected chi connectivity index (χ4v) is 5.37. The molecule has 28 heavy (non-hydrogen) atoms. The second-order valence-electron chi connectivity index (χ2n) is 7.45. The van der Waals surface area contributed by atoms with Gasteiger partial charge in [0.2, 0.25) is 15.9 Å². The summed E-state index contributed by atoms with van der Waals surface area (Å²) in [6.07, 6.45) is 4.65. The van der Waals surface area contributed by atoms with Crippen LogP contribution in [0.4, 0.5) is 4.39 Å². The Kier molecular flexibility index (Phi) is 8.67. The van der Waals surface area contributed by atoms with E-state index in [1.54, 1.807) is 0 Å². The molecule has 0 bridgehead atoms. The van der Waals surface area contributed by atoms with Crippen molar-refractivity contribution in [1.29, 1.82) is 0 Å². The van der Waals surface area contributed by atoms with Crippen molar-refractivity contribution in [3.05, 3.63) is 30.1 Å². The maximum atomic E-state index is 13.1. The third-order valence-electron chi connectivity index (χ3n) is 5.46. The van der Waals surface area contributed by atoms with Gasteiger partial charge >= 0.3 is 0 Å². The first-order chi connectivity index (χ1) is 13.0. The zero-order chi connectivity index (χ0) is 19.3. The fraction of sp³-hybridized carbons (Fsp3) is 0.632. The average molecular weight is 434 g/mol. The van der Waals surface area contributed by atoms with Gasteiger partial charge in [-0.25, -0.2) is 12.8 Å². The topological polar surface area (TPSA) is 78.5 Å². The number of piperidine rings is 2. The lowest BCUT2D eigenvalue weighted by atomic mass is 9.95. The Morgan fingerprint density at radius 2 is 1.96 bits per heavy atom. The van der Waals surface area contributed by atoms with E-state index >= 15 is 0 Å². The monoisotopic (exact) mass is 433 g/mol. The minimum absolute atomic E-state index is 0. The molecule has 158 valence electrons. The summed E-state index contributed by atoms with van der Waals surface area (Å²) in [7, 11) is -3.70. The van der Waals surface area contributed by atoms with E-state index in [1.807, 2.05) is 0 Å². The highest BCUT2D eigenvalue weighted by molar-refractivity contribution is 7.89. The summed E-state index contributed by atoms with van der Waals surface area (Å²) in [6, 6.07) is 4.82. The predicted octanol–water partition coefficient (Wildman–Crippen LogP) is 2.15. The molecule has 1 aromatic carbocycles. The molecule has 0 aliphatic carbocycles. The van der Waals surface area contributed by atoms with Crippen LogP contribution in [0.3, 0.4) is 0 Å². The van der Waals surface area contributed by atoms with Gasteiger partial charge in [0.1, 0.15) is 5.82 Å². The van der Waals surface area contributed by atoms with Crippen molar-refractivity contribution in [2.75, 3.05) is 32.7 Å². The summed E-state index contributed by atoms with van der Waals surface area (Å²) in [5.41, 5.74) is 0. The lowest BCUT2D eigenvalue weighted by Crippen LogP contribution is -2.45. The largest absolute Gasteiger partial charge is 0.356 e. The van der Waals surface area contributed by atoms with E-state index < -0.39 is 15.8 Å². The summed E-state index contributed by atoms with van der Waals surface area (Å²) in [5.74, 6) is -0.282. The maximum Gasteiger partial charge on any atom is 0.243 e. The fourth-order valence-electron chi connectivity index (χ4n) is 3.84. The molecule has 2 aliphatic rings. The van der Waals surface area contributed by atoms with Crippen LogP contribution in [-0.4, -0.2) is 51.4 Å². The highest BCUT2D eigenvalue weighted by Crippen LogP contribution is 2.24. The normalized spacial score (nSPS) is 23.6. The van der Waals surface area contributed by atoms with E-state index in [0.717, 1.165) is 31.6 Å². The third-order valence-corrected chi connectivity index (χ3v) is 7.34. The van der Waals surface area contributed by atoms with Crippen LogP contribution in [-0.2, 0) is 14.8 Å². The molecule has 6 nitrogen and oxygen atoms in total. The van der Waals surface area contributed by atoms with Gasteiger partial charge in [0, 0.05) is 19.6 Å². The van der Waals surface area contributed by atoms with Crippen LogP contribution in [0.15, 0.2) is 29.2 Å². The third kappa shape index (κ3) is 5.89. The lowest BCUT2D eigenvalue weighted by molar-refractivity contribution is -0.126. The first-order valence-corrected chi connectivity index (χ1v) is 11.1. The number of nitrogens with one attached hydrogen (secondary N) is 2. The molecule has 2 saturated heterocycles. The van der Waals surface area contributed by atoms with Crippen LogP contribution in [0.1, 0.15) is 32.1 Å². The zero-order valence-electron chi connectivity index (χ0n) is 15.9. The van der Waals surface area contributed by atoms with Crippen LogP contribution in [0.2, 0.25) is 0 Å². The van der Waals surface area contributed by atoms with E-state index in [0.29, 0.717) is 31.8 Å². The molecular formula is C19H29ClFN3O3S. The Morgan fingerprint density at radius 1 is 1.21 bits per heavy atom. The Balaban J connectivity index is 0.00000280. The number of nitrogens with zero attached hydrogens (tertiary/aromatic N) is 1. The molecule has 9 heteroatoms. The van der Waals surface area contributed by atoms with Crippen molar-refractivity contribution in [1.82, 2.24) is 14.9 Å². The lowest BCUT2D eigenvalue weighted by Gasteiger charge is -2.31. The van der Waals surface area contributed by atoms with Crippen LogP contribution in [0.25, 0.3) is 0 Å². The standard InChI is InChI=1S/C19H28FN3O3S.ClH/c20-17-5-7-18(8-6-17)27(25,26)23-12-2-4-16(14-23)19(24)22-11-9-15-3-1-10-21-13-15;/h5-8,15-16,21H,1-4,9-14H2,(H,22,24);1H. The minimum atomic E-state index is -3.70. The number of hydrogen-bond acceptors (Lipinski definition) is 4. The molecule has 2 heterocycles. The van der Waals surface area contributed by atoms with Gasteiger partial charge in [0.05, 0.1) is 10.8 Å². The van der Waals surface area contributed by atoms with Crippen LogP contribution >= 0.6 is 12.4 Å². The summed E-state index contributed by atoms with van der Waals surface area (Å²) >= 11 is 0. The van der Waals surface area contributed by atoms with Crippen molar-refractivity contribution >= 4 is 28.3 Å². The second-order valence-corrected chi connectivity index (χ2v) is 9.39. The number of sulfonamides is 1. The van der Waals surface area contributed by atoms with E-state index in [1.165, 1.54) is 29.3 Å². The number of amides is 1. The molecular weight excluding hydrogens is 405 g/mol. The average Bonchev–Trinajstić information content (AvgIpc) is 2.69. The molecule has 0 aromatic heterocycles. The SMILES string of the molecule is Cl.O=C(NCCC1CCCNC1)C1CCCN(S(=O)(=O)c2ccc(F)cc2)C1. The van der Waals surface area contributed by atoms with Crippen LogP contribution < -0.4 is 10.6 Å². The van der Waals surface area contributed by atoms with Gasteiger partial charge in [0.25, 0.3) is 0 Å². The molecule has 2 N–H and O–H groups in total. The molecule has 2 fully saturated rings. The summed E-state index contributed by atoms with van der Waals surface area (Å²) in [6.45, 7) is 3.27. The highest BCUT2D eigenvalue weighted by atomic mass is 35.5. The van der Waals surface area contributed by atoms with Gasteiger partial charge in [-0.3, -0.25) is 4.79 Å². The molecule has 1 amide bonds. The van der Waals surface area contributed by atoms with Gasteiger partial charge in [-0.15, -0.1) is 12.4 Å². The van der Waals surface area contributed by atoms with Gasteiger partial charge in [-0.05, 0) is 75.4 Å². The van der Waals surface area contributed by atoms with Crippen LogP contribution in [0.5, 0.6) is 0 Å². The molecule has 2 aliphatic heterocycles. The molecule has 3 rings (SSSR count). The smallest absolute Gasteiger partial charge is 0.243 e. The van der Waals surface area contributed by atoms with Crippen molar-refractivity contribution in [2.45, 2.75) is 37.0 Å². The molecule has 0 radical (unpaired) electrons. The number of carbonyl (C=O) groups excluding carboxylic acids is 1. The minimum Gasteiger partial charge on any atom is -0.356 e. The van der Waals surface area contributed by atoms with E-state index in [2.05, 4.69) is 10.6 Å². The van der Waals surface area contributed by atoms with E-state index in [9.17, 15) is 17.6 Å². The molecule has 2 atom stereocenters. The number of hydrogen-bond donors (Lipinski definition) is 2. The molecule has 1 aromatic rings. The Morgan fingerprint density at radius 3 is 2.64 bits per heavy atom. The summed E-state index contributed by atoms with van der Waals surface area (Å²) in [5, 5.41) is 6.35. The Labute approximate surface area is 172 Å². The van der Waals surface area contributed by atoms with E-state index in [-0.39, 0.29) is 35.7 Å². The van der Waals surface area contributed by atoms with Crippen molar-refractivity contribution in [2.24, 2.45) is 11.8 Å². The molecule has 0 saturated carbocycles. The van der Waals surface area contributed by atoms with Gasteiger partial charge in [-0.2, -0.15) is 4.31 Å². The Bertz CT molecular complexity index is 739. The van der Waals surface area contributed by atoms with Crippen LogP contribution in [0, 0.1) is 17.7 Å². The van der Waals surface area contributed by atoms with Crippen molar-refractivity contribution < 1.29 is 17.6 Å². The number of carbonyl (C=O) groups is 1. The Hall–Kier alpha value is -1.22. The van der Waals surface area contributed by atoms with Crippen molar-refractivity contribution in [3.8, 4) is 0 Å². The molecule has 0 spiro atoms. The number of halogens is 2. The quantitative estimate of drug-likeness (QED) is 0.720. The first-order valence-electron chi connectivity index (χ1n) is 9.71. The summed E-state index contributed by atoms with van der Waals surface area (Å²) in [4.78, 5) is 12.6. The maximum absolute atomic E-state index is 13.1. The summed E-state index contributed by atoms with van der Waals surface area (Å²) < 4.78 is 39.9. The zero-order valence-corrected chi connectivity index (χ0v) is 17.5. The highest BCUT2D eigenvalue weighted by Gasteiger charge is 2.33. The van der Waals surface area contributed by atoms with Gasteiger partial charge in [-0.1, -0.05) is 0 Å². The van der Waals surface area contributed by atoms with E-state index in [4.69, 9.17) is 0 Å². The first kappa shape index (κ1) is 23.1. The van der Waals surface area contributed by atoms with Gasteiger partial charge < -0.3 is 10.6 Å². The predicted molar refractivity (Wildman–Crippen MR) is 108 cm³/mol. The second kappa shape index (κ2) is 10.5. The number of rotatable bonds is 6. The van der Waals surface area contributed by atoms with Gasteiger partial charge in [0.15, 0.2) is 0 Å². The molecule has 2 unspecified atom stereocenters. The van der Waals surface area contributed by atoms with Crippen molar-refractivity contribution in [3.63, 3.8) is 0 Å². The number of benzene rings is 1.